The summed E-state index contributed by atoms with van der Waals surface area (Å²) < 4.78 is 18.0. The molecular weight excluding hydrogens is 327 g/mol. The molecule has 0 radical (unpaired) electrons. The number of hydrogen-bond donors (Lipinski definition) is 1. The summed E-state index contributed by atoms with van der Waals surface area (Å²) in [6, 6.07) is 5.48. The van der Waals surface area contributed by atoms with Crippen LogP contribution in [-0.2, 0) is 25.6 Å². The molecule has 0 saturated carbocycles. The standard InChI is InChI=1S/C18H23FN2O4/c1-4-11(2)16(18(23)24-3)20-17(22)15-10-14(21-25-15)9-12-6-5-7-13(19)8-12/h5-8,11,15-16H,4,9-10H2,1-3H3,(H,20,22)/t11-,15-,16-/m0/s1. The smallest absolute Gasteiger partial charge is 0.328 e. The summed E-state index contributed by atoms with van der Waals surface area (Å²) >= 11 is 0. The average Bonchev–Trinajstić information content (AvgIpc) is 3.06. The van der Waals surface area contributed by atoms with Crippen LogP contribution in [0.2, 0.25) is 0 Å². The second-order valence-corrected chi connectivity index (χ2v) is 6.16. The van der Waals surface area contributed by atoms with Gasteiger partial charge in [0.2, 0.25) is 6.10 Å². The van der Waals surface area contributed by atoms with Crippen molar-refractivity contribution < 1.29 is 23.6 Å². The minimum Gasteiger partial charge on any atom is -0.467 e. The van der Waals surface area contributed by atoms with Crippen LogP contribution in [0, 0.1) is 11.7 Å². The molecule has 1 N–H and O–H groups in total. The second kappa shape index (κ2) is 8.60. The number of oxime groups is 1. The molecule has 1 aromatic rings. The van der Waals surface area contributed by atoms with E-state index in [-0.39, 0.29) is 11.7 Å². The van der Waals surface area contributed by atoms with E-state index in [0.717, 1.165) is 5.56 Å². The highest BCUT2D eigenvalue weighted by atomic mass is 19.1. The van der Waals surface area contributed by atoms with Gasteiger partial charge < -0.3 is 14.9 Å². The molecule has 0 spiro atoms. The number of carbonyl (C=O) groups excluding carboxylic acids is 2. The number of hydrogen-bond acceptors (Lipinski definition) is 5. The van der Waals surface area contributed by atoms with Crippen LogP contribution in [-0.4, -0.2) is 36.8 Å². The van der Waals surface area contributed by atoms with E-state index in [2.05, 4.69) is 10.5 Å². The van der Waals surface area contributed by atoms with E-state index in [4.69, 9.17) is 9.57 Å². The molecule has 6 nitrogen and oxygen atoms in total. The average molecular weight is 350 g/mol. The van der Waals surface area contributed by atoms with Gasteiger partial charge in [-0.3, -0.25) is 4.79 Å². The van der Waals surface area contributed by atoms with Crippen LogP contribution < -0.4 is 5.32 Å². The highest BCUT2D eigenvalue weighted by molar-refractivity contribution is 5.95. The van der Waals surface area contributed by atoms with Crippen molar-refractivity contribution >= 4 is 17.6 Å². The lowest BCUT2D eigenvalue weighted by Gasteiger charge is -2.22. The van der Waals surface area contributed by atoms with Crippen molar-refractivity contribution in [3.05, 3.63) is 35.6 Å². The Morgan fingerprint density at radius 2 is 2.24 bits per heavy atom. The summed E-state index contributed by atoms with van der Waals surface area (Å²) in [7, 11) is 1.29. The molecule has 3 atom stereocenters. The van der Waals surface area contributed by atoms with Crippen LogP contribution in [0.25, 0.3) is 0 Å². The third kappa shape index (κ3) is 5.01. The van der Waals surface area contributed by atoms with Gasteiger partial charge in [0.25, 0.3) is 5.91 Å². The maximum absolute atomic E-state index is 13.2. The van der Waals surface area contributed by atoms with Crippen molar-refractivity contribution in [1.29, 1.82) is 0 Å². The summed E-state index contributed by atoms with van der Waals surface area (Å²) in [5, 5.41) is 6.60. The number of amides is 1. The Labute approximate surface area is 146 Å². The monoisotopic (exact) mass is 350 g/mol. The number of esters is 1. The van der Waals surface area contributed by atoms with E-state index in [0.29, 0.717) is 25.0 Å². The van der Waals surface area contributed by atoms with Crippen molar-refractivity contribution in [3.63, 3.8) is 0 Å². The van der Waals surface area contributed by atoms with Gasteiger partial charge >= 0.3 is 5.97 Å². The Bertz CT molecular complexity index is 662. The van der Waals surface area contributed by atoms with E-state index >= 15 is 0 Å². The van der Waals surface area contributed by atoms with Crippen molar-refractivity contribution in [2.24, 2.45) is 11.1 Å². The molecule has 1 amide bonds. The first-order chi connectivity index (χ1) is 11.9. The number of ether oxygens (including phenoxy) is 1. The SMILES string of the molecule is CC[C@H](C)[C@H](NC(=O)[C@@H]1CC(Cc2cccc(F)c2)=NO1)C(=O)OC. The number of halogens is 1. The number of nitrogens with zero attached hydrogens (tertiary/aromatic N) is 1. The van der Waals surface area contributed by atoms with Gasteiger partial charge in [-0.15, -0.1) is 0 Å². The largest absolute Gasteiger partial charge is 0.467 e. The van der Waals surface area contributed by atoms with Crippen molar-refractivity contribution in [2.45, 2.75) is 45.3 Å². The first-order valence-electron chi connectivity index (χ1n) is 8.28. The molecule has 0 aromatic heterocycles. The van der Waals surface area contributed by atoms with Crippen LogP contribution in [0.3, 0.4) is 0 Å². The van der Waals surface area contributed by atoms with E-state index in [1.165, 1.54) is 19.2 Å². The maximum Gasteiger partial charge on any atom is 0.328 e. The summed E-state index contributed by atoms with van der Waals surface area (Å²) in [6.45, 7) is 3.79. The topological polar surface area (TPSA) is 77.0 Å². The predicted octanol–water partition coefficient (Wildman–Crippen LogP) is 2.22. The molecule has 0 saturated heterocycles. The normalized spacial score (nSPS) is 18.7. The van der Waals surface area contributed by atoms with E-state index in [9.17, 15) is 14.0 Å². The van der Waals surface area contributed by atoms with Crippen molar-refractivity contribution in [3.8, 4) is 0 Å². The Kier molecular flexibility index (Phi) is 6.50. The zero-order valence-corrected chi connectivity index (χ0v) is 14.6. The zero-order valence-electron chi connectivity index (χ0n) is 14.6. The van der Waals surface area contributed by atoms with Crippen LogP contribution in [0.15, 0.2) is 29.4 Å². The maximum atomic E-state index is 13.2. The van der Waals surface area contributed by atoms with Gasteiger partial charge in [-0.1, -0.05) is 37.6 Å². The fourth-order valence-corrected chi connectivity index (χ4v) is 2.60. The lowest BCUT2D eigenvalue weighted by molar-refractivity contribution is -0.148. The molecule has 25 heavy (non-hydrogen) atoms. The van der Waals surface area contributed by atoms with E-state index < -0.39 is 24.0 Å². The molecule has 0 bridgehead atoms. The van der Waals surface area contributed by atoms with Crippen molar-refractivity contribution in [2.75, 3.05) is 7.11 Å². The number of nitrogens with one attached hydrogen (secondary N) is 1. The highest BCUT2D eigenvalue weighted by Crippen LogP contribution is 2.17. The lowest BCUT2D eigenvalue weighted by Crippen LogP contribution is -2.49. The second-order valence-electron chi connectivity index (χ2n) is 6.16. The van der Waals surface area contributed by atoms with Crippen LogP contribution >= 0.6 is 0 Å². The van der Waals surface area contributed by atoms with Gasteiger partial charge in [0.15, 0.2) is 0 Å². The number of benzene rings is 1. The Morgan fingerprint density at radius 3 is 2.88 bits per heavy atom. The molecule has 1 aliphatic heterocycles. The highest BCUT2D eigenvalue weighted by Gasteiger charge is 2.33. The summed E-state index contributed by atoms with van der Waals surface area (Å²) in [5.41, 5.74) is 1.42. The Balaban J connectivity index is 1.93. The van der Waals surface area contributed by atoms with Gasteiger partial charge in [0.05, 0.1) is 12.8 Å². The van der Waals surface area contributed by atoms with E-state index in [1.54, 1.807) is 12.1 Å². The predicted molar refractivity (Wildman–Crippen MR) is 90.4 cm³/mol. The molecule has 0 unspecified atom stereocenters. The number of carbonyl (C=O) groups is 2. The number of rotatable bonds is 7. The molecule has 0 fully saturated rings. The Hall–Kier alpha value is -2.44. The lowest BCUT2D eigenvalue weighted by atomic mass is 9.98. The van der Waals surface area contributed by atoms with Gasteiger partial charge in [-0.25, -0.2) is 9.18 Å². The first-order valence-corrected chi connectivity index (χ1v) is 8.28. The fraction of sp³-hybridized carbons (Fsp3) is 0.500. The van der Waals surface area contributed by atoms with Gasteiger partial charge in [0.1, 0.15) is 11.9 Å². The third-order valence-electron chi connectivity index (χ3n) is 4.29. The van der Waals surface area contributed by atoms with Crippen molar-refractivity contribution in [1.82, 2.24) is 5.32 Å². The van der Waals surface area contributed by atoms with Crippen LogP contribution in [0.4, 0.5) is 4.39 Å². The minimum absolute atomic E-state index is 0.0644. The first kappa shape index (κ1) is 18.9. The minimum atomic E-state index is -0.792. The van der Waals surface area contributed by atoms with Gasteiger partial charge in [-0.05, 0) is 23.6 Å². The molecule has 2 rings (SSSR count). The quantitative estimate of drug-likeness (QED) is 0.765. The number of methoxy groups -OCH3 is 1. The van der Waals surface area contributed by atoms with Gasteiger partial charge in [-0.2, -0.15) is 0 Å². The Morgan fingerprint density at radius 1 is 1.48 bits per heavy atom. The molecule has 0 aliphatic carbocycles. The molecule has 1 aliphatic rings. The summed E-state index contributed by atoms with van der Waals surface area (Å²) in [4.78, 5) is 29.4. The summed E-state index contributed by atoms with van der Waals surface area (Å²) in [5.74, 6) is -1.28. The fourth-order valence-electron chi connectivity index (χ4n) is 2.60. The molecular formula is C18H23FN2O4. The van der Waals surface area contributed by atoms with Crippen LogP contribution in [0.1, 0.15) is 32.3 Å². The summed E-state index contributed by atoms with van der Waals surface area (Å²) in [6.07, 6.45) is 0.636. The molecule has 1 heterocycles. The molecule has 7 heteroatoms. The third-order valence-corrected chi connectivity index (χ3v) is 4.29. The zero-order chi connectivity index (χ0) is 18.4. The van der Waals surface area contributed by atoms with Crippen LogP contribution in [0.5, 0.6) is 0 Å². The van der Waals surface area contributed by atoms with Gasteiger partial charge in [0, 0.05) is 12.8 Å². The molecule has 136 valence electrons. The molecule has 1 aromatic carbocycles. The van der Waals surface area contributed by atoms with E-state index in [1.807, 2.05) is 13.8 Å².